The third kappa shape index (κ3) is 3.24. The topological polar surface area (TPSA) is 57.3 Å². The van der Waals surface area contributed by atoms with Gasteiger partial charge in [-0.3, -0.25) is 0 Å². The number of oxazole rings is 1. The molecule has 4 aromatic rings. The normalized spacial score (nSPS) is 11.3. The lowest BCUT2D eigenvalue weighted by Gasteiger charge is -2.07. The Bertz CT molecular complexity index is 1150. The zero-order valence-electron chi connectivity index (χ0n) is 16.4. The molecule has 0 saturated heterocycles. The number of carbonyl (C=O) groups excluding carboxylic acids is 1. The van der Waals surface area contributed by atoms with Crippen LogP contribution in [0.2, 0.25) is 0 Å². The molecule has 0 aliphatic rings. The highest BCUT2D eigenvalue weighted by Gasteiger charge is 2.21. The van der Waals surface area contributed by atoms with Gasteiger partial charge in [-0.15, -0.1) is 11.3 Å². The Balaban J connectivity index is 1.76. The average Bonchev–Trinajstić information content (AvgIpc) is 3.36. The van der Waals surface area contributed by atoms with E-state index in [0.717, 1.165) is 33.7 Å². The number of hydrogen-bond donors (Lipinski definition) is 0. The molecule has 3 heterocycles. The van der Waals surface area contributed by atoms with Crippen LogP contribution in [0.3, 0.4) is 0 Å². The van der Waals surface area contributed by atoms with E-state index in [-0.39, 0.29) is 5.97 Å². The Morgan fingerprint density at radius 2 is 1.96 bits per heavy atom. The lowest BCUT2D eigenvalue weighted by Crippen LogP contribution is -2.12. The average molecular weight is 394 g/mol. The monoisotopic (exact) mass is 394 g/mol. The van der Waals surface area contributed by atoms with Gasteiger partial charge in [0.25, 0.3) is 0 Å². The van der Waals surface area contributed by atoms with Crippen molar-refractivity contribution in [2.75, 3.05) is 7.11 Å². The van der Waals surface area contributed by atoms with E-state index < -0.39 is 0 Å². The van der Waals surface area contributed by atoms with Crippen LogP contribution in [0.25, 0.3) is 21.7 Å². The van der Waals surface area contributed by atoms with Gasteiger partial charge >= 0.3 is 5.97 Å². The predicted molar refractivity (Wildman–Crippen MR) is 111 cm³/mol. The smallest absolute Gasteiger partial charge is 0.354 e. The summed E-state index contributed by atoms with van der Waals surface area (Å²) in [7, 11) is 1.40. The highest BCUT2D eigenvalue weighted by Crippen LogP contribution is 2.31. The summed E-state index contributed by atoms with van der Waals surface area (Å²) in [6, 6.07) is 12.1. The quantitative estimate of drug-likeness (QED) is 0.427. The molecule has 0 saturated carbocycles. The van der Waals surface area contributed by atoms with Crippen molar-refractivity contribution in [3.05, 3.63) is 64.0 Å². The number of carbonyl (C=O) groups is 1. The van der Waals surface area contributed by atoms with Crippen molar-refractivity contribution in [2.45, 2.75) is 33.7 Å². The standard InChI is InChI=1S/C22H22N2O3S/c1-5-16-10-18-20(28-16)11-19(22(25)26-4)24(18)12-17-14(3)27-21(23-17)15-8-6-13(2)7-9-15/h6-11H,5,12H2,1-4H3. The predicted octanol–water partition coefficient (Wildman–Crippen LogP) is 5.37. The summed E-state index contributed by atoms with van der Waals surface area (Å²) in [6.07, 6.45) is 0.966. The minimum absolute atomic E-state index is 0.346. The SMILES string of the molecule is CCc1cc2c(cc(C(=O)OC)n2Cc2nc(-c3ccc(C)cc3)oc2C)s1. The lowest BCUT2D eigenvalue weighted by atomic mass is 10.1. The molecule has 0 spiro atoms. The number of aryl methyl sites for hydroxylation is 3. The number of rotatable bonds is 5. The Labute approximate surface area is 167 Å². The molecular weight excluding hydrogens is 372 g/mol. The molecule has 0 N–H and O–H groups in total. The van der Waals surface area contributed by atoms with Crippen LogP contribution in [-0.4, -0.2) is 22.6 Å². The third-order valence-corrected chi connectivity index (χ3v) is 6.10. The van der Waals surface area contributed by atoms with Gasteiger partial charge in [0.2, 0.25) is 5.89 Å². The molecular formula is C22H22N2O3S. The number of ether oxygens (including phenoxy) is 1. The van der Waals surface area contributed by atoms with Crippen molar-refractivity contribution in [3.63, 3.8) is 0 Å². The second-order valence-corrected chi connectivity index (χ2v) is 7.98. The fourth-order valence-corrected chi connectivity index (χ4v) is 4.30. The van der Waals surface area contributed by atoms with E-state index in [0.29, 0.717) is 18.1 Å². The van der Waals surface area contributed by atoms with E-state index in [4.69, 9.17) is 14.1 Å². The maximum Gasteiger partial charge on any atom is 0.354 e. The summed E-state index contributed by atoms with van der Waals surface area (Å²) < 4.78 is 14.0. The molecule has 3 aromatic heterocycles. The lowest BCUT2D eigenvalue weighted by molar-refractivity contribution is 0.0589. The van der Waals surface area contributed by atoms with Gasteiger partial charge in [-0.2, -0.15) is 0 Å². The molecule has 0 aliphatic carbocycles. The summed E-state index contributed by atoms with van der Waals surface area (Å²) in [5.41, 5.74) is 4.50. The molecule has 0 amide bonds. The summed E-state index contributed by atoms with van der Waals surface area (Å²) in [6.45, 7) is 6.54. The van der Waals surface area contributed by atoms with Crippen LogP contribution in [0, 0.1) is 13.8 Å². The van der Waals surface area contributed by atoms with Gasteiger partial charge in [-0.05, 0) is 44.5 Å². The van der Waals surface area contributed by atoms with Gasteiger partial charge in [0, 0.05) is 10.4 Å². The number of nitrogens with zero attached hydrogens (tertiary/aromatic N) is 2. The first kappa shape index (κ1) is 18.5. The summed E-state index contributed by atoms with van der Waals surface area (Å²) in [4.78, 5) is 18.3. The van der Waals surface area contributed by atoms with Crippen LogP contribution >= 0.6 is 11.3 Å². The number of benzene rings is 1. The number of hydrogen-bond acceptors (Lipinski definition) is 5. The Kier molecular flexibility index (Phi) is 4.81. The van der Waals surface area contributed by atoms with E-state index >= 15 is 0 Å². The Hall–Kier alpha value is -2.86. The van der Waals surface area contributed by atoms with Crippen molar-refractivity contribution in [3.8, 4) is 11.5 Å². The van der Waals surface area contributed by atoms with Crippen molar-refractivity contribution >= 4 is 27.5 Å². The molecule has 4 rings (SSSR count). The molecule has 28 heavy (non-hydrogen) atoms. The fourth-order valence-electron chi connectivity index (χ4n) is 3.26. The van der Waals surface area contributed by atoms with E-state index in [9.17, 15) is 4.79 Å². The van der Waals surface area contributed by atoms with Crippen molar-refractivity contribution in [2.24, 2.45) is 0 Å². The Morgan fingerprint density at radius 3 is 2.64 bits per heavy atom. The molecule has 6 heteroatoms. The summed E-state index contributed by atoms with van der Waals surface area (Å²) in [5.74, 6) is 0.996. The van der Waals surface area contributed by atoms with Crippen molar-refractivity contribution < 1.29 is 13.9 Å². The zero-order valence-corrected chi connectivity index (χ0v) is 17.2. The molecule has 0 aliphatic heterocycles. The highest BCUT2D eigenvalue weighted by molar-refractivity contribution is 7.19. The van der Waals surface area contributed by atoms with Gasteiger partial charge in [0.05, 0.1) is 23.9 Å². The van der Waals surface area contributed by atoms with Gasteiger partial charge in [-0.1, -0.05) is 24.6 Å². The van der Waals surface area contributed by atoms with E-state index in [1.165, 1.54) is 17.6 Å². The second kappa shape index (κ2) is 7.28. The number of methoxy groups -OCH3 is 1. The first-order valence-electron chi connectivity index (χ1n) is 9.23. The van der Waals surface area contributed by atoms with Gasteiger partial charge in [-0.25, -0.2) is 9.78 Å². The molecule has 0 radical (unpaired) electrons. The van der Waals surface area contributed by atoms with Crippen LogP contribution in [0.1, 0.15) is 39.3 Å². The van der Waals surface area contributed by atoms with E-state index in [2.05, 4.69) is 13.0 Å². The van der Waals surface area contributed by atoms with Gasteiger partial charge in [0.15, 0.2) is 0 Å². The zero-order chi connectivity index (χ0) is 19.8. The highest BCUT2D eigenvalue weighted by atomic mass is 32.1. The third-order valence-electron chi connectivity index (χ3n) is 4.88. The molecule has 0 unspecified atom stereocenters. The molecule has 0 bridgehead atoms. The van der Waals surface area contributed by atoms with E-state index in [1.807, 2.05) is 48.7 Å². The van der Waals surface area contributed by atoms with Crippen molar-refractivity contribution in [1.82, 2.24) is 9.55 Å². The van der Waals surface area contributed by atoms with Gasteiger partial charge in [0.1, 0.15) is 17.1 Å². The molecule has 144 valence electrons. The minimum Gasteiger partial charge on any atom is -0.464 e. The maximum atomic E-state index is 12.3. The van der Waals surface area contributed by atoms with E-state index in [1.54, 1.807) is 11.3 Å². The molecule has 0 fully saturated rings. The summed E-state index contributed by atoms with van der Waals surface area (Å²) >= 11 is 1.71. The first-order chi connectivity index (χ1) is 13.5. The van der Waals surface area contributed by atoms with Crippen LogP contribution in [-0.2, 0) is 17.7 Å². The Morgan fingerprint density at radius 1 is 1.21 bits per heavy atom. The largest absolute Gasteiger partial charge is 0.464 e. The van der Waals surface area contributed by atoms with Crippen LogP contribution in [0.15, 0.2) is 40.8 Å². The molecule has 5 nitrogen and oxygen atoms in total. The van der Waals surface area contributed by atoms with Crippen LogP contribution < -0.4 is 0 Å². The maximum absolute atomic E-state index is 12.3. The van der Waals surface area contributed by atoms with Crippen LogP contribution in [0.5, 0.6) is 0 Å². The second-order valence-electron chi connectivity index (χ2n) is 6.81. The molecule has 1 aromatic carbocycles. The number of thiophene rings is 1. The van der Waals surface area contributed by atoms with Crippen molar-refractivity contribution in [1.29, 1.82) is 0 Å². The van der Waals surface area contributed by atoms with Crippen LogP contribution in [0.4, 0.5) is 0 Å². The molecule has 0 atom stereocenters. The number of aromatic nitrogens is 2. The minimum atomic E-state index is -0.346. The number of fused-ring (bicyclic) bond motifs is 1. The summed E-state index contributed by atoms with van der Waals surface area (Å²) in [5, 5.41) is 0. The fraction of sp³-hybridized carbons (Fsp3) is 0.273. The van der Waals surface area contributed by atoms with Gasteiger partial charge < -0.3 is 13.7 Å². The number of esters is 1. The first-order valence-corrected chi connectivity index (χ1v) is 10.1.